The molecule has 1 atom stereocenters. The number of methoxy groups -OCH3 is 1. The van der Waals surface area contributed by atoms with E-state index in [1.807, 2.05) is 24.3 Å². The van der Waals surface area contributed by atoms with Crippen molar-refractivity contribution in [1.82, 2.24) is 14.8 Å². The molecule has 5 nitrogen and oxygen atoms in total. The predicted molar refractivity (Wildman–Crippen MR) is 121 cm³/mol. The number of ether oxygens (including phenoxy) is 1. The third-order valence-corrected chi connectivity index (χ3v) is 6.09. The number of fused-ring (bicyclic) bond motifs is 1. The van der Waals surface area contributed by atoms with E-state index in [2.05, 4.69) is 52.3 Å². The molecule has 4 rings (SSSR count). The normalized spacial score (nSPS) is 17.2. The number of nitrogens with one attached hydrogen (secondary N) is 1. The second-order valence-corrected chi connectivity index (χ2v) is 8.35. The molecular formula is C25H31N3O2. The van der Waals surface area contributed by atoms with Gasteiger partial charge in [0.2, 0.25) is 5.91 Å². The van der Waals surface area contributed by atoms with E-state index in [0.717, 1.165) is 37.5 Å². The Morgan fingerprint density at radius 3 is 2.77 bits per heavy atom. The number of aromatic nitrogens is 1. The average molecular weight is 406 g/mol. The van der Waals surface area contributed by atoms with Crippen molar-refractivity contribution in [1.29, 1.82) is 0 Å². The van der Waals surface area contributed by atoms with Crippen LogP contribution in [0.25, 0.3) is 10.9 Å². The SMILES string of the molecule is COc1ccc(CC(=O)NCC2CCCN(Cc3cn(C)c4ccccc34)C2)cc1. The van der Waals surface area contributed by atoms with E-state index in [-0.39, 0.29) is 5.91 Å². The lowest BCUT2D eigenvalue weighted by atomic mass is 9.97. The maximum atomic E-state index is 12.4. The number of carbonyl (C=O) groups excluding carboxylic acids is 1. The molecule has 5 heteroatoms. The molecule has 1 amide bonds. The molecular weight excluding hydrogens is 374 g/mol. The summed E-state index contributed by atoms with van der Waals surface area (Å²) in [5, 5.41) is 4.49. The first-order chi connectivity index (χ1) is 14.6. The zero-order valence-electron chi connectivity index (χ0n) is 17.9. The number of carbonyl (C=O) groups is 1. The molecule has 158 valence electrons. The summed E-state index contributed by atoms with van der Waals surface area (Å²) >= 11 is 0. The van der Waals surface area contributed by atoms with Crippen molar-refractivity contribution in [2.24, 2.45) is 13.0 Å². The van der Waals surface area contributed by atoms with E-state index >= 15 is 0 Å². The van der Waals surface area contributed by atoms with Gasteiger partial charge in [-0.15, -0.1) is 0 Å². The van der Waals surface area contributed by atoms with Gasteiger partial charge in [0.15, 0.2) is 0 Å². The quantitative estimate of drug-likeness (QED) is 0.651. The van der Waals surface area contributed by atoms with Gasteiger partial charge < -0.3 is 14.6 Å². The minimum Gasteiger partial charge on any atom is -0.497 e. The largest absolute Gasteiger partial charge is 0.497 e. The van der Waals surface area contributed by atoms with Crippen molar-refractivity contribution >= 4 is 16.8 Å². The molecule has 0 spiro atoms. The molecule has 2 heterocycles. The summed E-state index contributed by atoms with van der Waals surface area (Å²) in [7, 11) is 3.76. The zero-order valence-corrected chi connectivity index (χ0v) is 17.9. The molecule has 1 fully saturated rings. The van der Waals surface area contributed by atoms with Gasteiger partial charge in [-0.25, -0.2) is 0 Å². The van der Waals surface area contributed by atoms with Crippen LogP contribution < -0.4 is 10.1 Å². The highest BCUT2D eigenvalue weighted by atomic mass is 16.5. The van der Waals surface area contributed by atoms with Crippen LogP contribution in [0.3, 0.4) is 0 Å². The molecule has 1 aromatic heterocycles. The van der Waals surface area contributed by atoms with Gasteiger partial charge in [-0.3, -0.25) is 9.69 Å². The van der Waals surface area contributed by atoms with E-state index in [9.17, 15) is 4.79 Å². The minimum absolute atomic E-state index is 0.0892. The van der Waals surface area contributed by atoms with Gasteiger partial charge in [0.05, 0.1) is 13.5 Å². The Morgan fingerprint density at radius 1 is 1.17 bits per heavy atom. The smallest absolute Gasteiger partial charge is 0.224 e. The van der Waals surface area contributed by atoms with E-state index in [4.69, 9.17) is 4.74 Å². The third-order valence-electron chi connectivity index (χ3n) is 6.09. The van der Waals surface area contributed by atoms with Crippen LogP contribution in [-0.4, -0.2) is 42.1 Å². The molecule has 30 heavy (non-hydrogen) atoms. The minimum atomic E-state index is 0.0892. The number of rotatable bonds is 7. The summed E-state index contributed by atoms with van der Waals surface area (Å²) < 4.78 is 7.39. The monoisotopic (exact) mass is 405 g/mol. The van der Waals surface area contributed by atoms with Crippen molar-refractivity contribution in [3.63, 3.8) is 0 Å². The van der Waals surface area contributed by atoms with E-state index in [1.54, 1.807) is 7.11 Å². The lowest BCUT2D eigenvalue weighted by Crippen LogP contribution is -2.40. The highest BCUT2D eigenvalue weighted by Gasteiger charge is 2.21. The molecule has 2 aromatic carbocycles. The van der Waals surface area contributed by atoms with Crippen LogP contribution in [0, 0.1) is 5.92 Å². The fourth-order valence-corrected chi connectivity index (χ4v) is 4.50. The van der Waals surface area contributed by atoms with Crippen LogP contribution in [0.5, 0.6) is 5.75 Å². The van der Waals surface area contributed by atoms with E-state index in [0.29, 0.717) is 12.3 Å². The number of para-hydroxylation sites is 1. The number of nitrogens with zero attached hydrogens (tertiary/aromatic N) is 2. The number of aryl methyl sites for hydroxylation is 1. The van der Waals surface area contributed by atoms with Crippen molar-refractivity contribution in [3.8, 4) is 5.75 Å². The molecule has 0 bridgehead atoms. The maximum absolute atomic E-state index is 12.4. The standard InChI is InChI=1S/C25H31N3O2/c1-27-17-21(23-7-3-4-8-24(23)27)18-28-13-5-6-20(16-28)15-26-25(29)14-19-9-11-22(30-2)12-10-19/h3-4,7-12,17,20H,5-6,13-16,18H2,1-2H3,(H,26,29). The number of hydrogen-bond donors (Lipinski definition) is 1. The molecule has 0 aliphatic carbocycles. The fraction of sp³-hybridized carbons (Fsp3) is 0.400. The van der Waals surface area contributed by atoms with Crippen molar-refractivity contribution in [2.75, 3.05) is 26.7 Å². The Labute approximate surface area is 178 Å². The highest BCUT2D eigenvalue weighted by molar-refractivity contribution is 5.83. The molecule has 1 N–H and O–H groups in total. The van der Waals surface area contributed by atoms with Crippen molar-refractivity contribution in [2.45, 2.75) is 25.8 Å². The summed E-state index contributed by atoms with van der Waals surface area (Å²) in [6.07, 6.45) is 5.03. The number of piperidine rings is 1. The Bertz CT molecular complexity index is 993. The van der Waals surface area contributed by atoms with Crippen LogP contribution in [0.1, 0.15) is 24.0 Å². The van der Waals surface area contributed by atoms with Gasteiger partial charge in [0.1, 0.15) is 5.75 Å². The van der Waals surface area contributed by atoms with Gasteiger partial charge in [0.25, 0.3) is 0 Å². The molecule has 0 saturated carbocycles. The zero-order chi connectivity index (χ0) is 20.9. The highest BCUT2D eigenvalue weighted by Crippen LogP contribution is 2.24. The van der Waals surface area contributed by atoms with Gasteiger partial charge in [0, 0.05) is 43.8 Å². The van der Waals surface area contributed by atoms with E-state index in [1.165, 1.54) is 29.3 Å². The Kier molecular flexibility index (Phi) is 6.38. The summed E-state index contributed by atoms with van der Waals surface area (Å²) in [4.78, 5) is 14.9. The van der Waals surface area contributed by atoms with Crippen LogP contribution in [0.4, 0.5) is 0 Å². The maximum Gasteiger partial charge on any atom is 0.224 e. The van der Waals surface area contributed by atoms with Crippen LogP contribution >= 0.6 is 0 Å². The number of amides is 1. The molecule has 1 aliphatic heterocycles. The number of likely N-dealkylation sites (tertiary alicyclic amines) is 1. The Balaban J connectivity index is 1.29. The van der Waals surface area contributed by atoms with Gasteiger partial charge in [-0.2, -0.15) is 0 Å². The molecule has 1 unspecified atom stereocenters. The number of hydrogen-bond acceptors (Lipinski definition) is 3. The summed E-state index contributed by atoms with van der Waals surface area (Å²) in [6, 6.07) is 16.3. The average Bonchev–Trinajstić information content (AvgIpc) is 3.09. The third kappa shape index (κ3) is 4.85. The Hall–Kier alpha value is -2.79. The fourth-order valence-electron chi connectivity index (χ4n) is 4.50. The summed E-state index contributed by atoms with van der Waals surface area (Å²) in [5.74, 6) is 1.41. The molecule has 0 radical (unpaired) electrons. The van der Waals surface area contributed by atoms with E-state index < -0.39 is 0 Å². The lowest BCUT2D eigenvalue weighted by molar-refractivity contribution is -0.120. The molecule has 1 aliphatic rings. The van der Waals surface area contributed by atoms with Crippen LogP contribution in [-0.2, 0) is 24.8 Å². The van der Waals surface area contributed by atoms with Gasteiger partial charge in [-0.05, 0) is 54.6 Å². The van der Waals surface area contributed by atoms with Crippen molar-refractivity contribution < 1.29 is 9.53 Å². The first-order valence-electron chi connectivity index (χ1n) is 10.8. The summed E-state index contributed by atoms with van der Waals surface area (Å²) in [6.45, 7) is 3.88. The summed E-state index contributed by atoms with van der Waals surface area (Å²) in [5.41, 5.74) is 3.68. The van der Waals surface area contributed by atoms with Gasteiger partial charge >= 0.3 is 0 Å². The second kappa shape index (κ2) is 9.35. The molecule has 1 saturated heterocycles. The predicted octanol–water partition coefficient (Wildman–Crippen LogP) is 3.76. The number of benzene rings is 2. The first-order valence-corrected chi connectivity index (χ1v) is 10.8. The Morgan fingerprint density at radius 2 is 1.97 bits per heavy atom. The first kappa shape index (κ1) is 20.5. The topological polar surface area (TPSA) is 46.5 Å². The van der Waals surface area contributed by atoms with Crippen LogP contribution in [0.2, 0.25) is 0 Å². The second-order valence-electron chi connectivity index (χ2n) is 8.35. The van der Waals surface area contributed by atoms with Gasteiger partial charge in [-0.1, -0.05) is 30.3 Å². The molecule has 3 aromatic rings. The van der Waals surface area contributed by atoms with Crippen molar-refractivity contribution in [3.05, 3.63) is 65.9 Å². The van der Waals surface area contributed by atoms with Crippen LogP contribution in [0.15, 0.2) is 54.7 Å². The lowest BCUT2D eigenvalue weighted by Gasteiger charge is -2.32.